The second-order valence-electron chi connectivity index (χ2n) is 4.15. The Bertz CT molecular complexity index is 483. The van der Waals surface area contributed by atoms with Gasteiger partial charge in [0.05, 0.1) is 11.0 Å². The summed E-state index contributed by atoms with van der Waals surface area (Å²) < 4.78 is 5.46. The molecule has 0 aromatic heterocycles. The zero-order valence-electron chi connectivity index (χ0n) is 11.0. The van der Waals surface area contributed by atoms with Crippen molar-refractivity contribution in [3.05, 3.63) is 33.9 Å². The van der Waals surface area contributed by atoms with E-state index in [9.17, 15) is 10.1 Å². The van der Waals surface area contributed by atoms with Crippen LogP contribution in [0.1, 0.15) is 18.9 Å². The van der Waals surface area contributed by atoms with Gasteiger partial charge in [0, 0.05) is 11.6 Å². The number of ether oxygens (including phenoxy) is 1. The van der Waals surface area contributed by atoms with Crippen molar-refractivity contribution in [1.29, 1.82) is 5.26 Å². The fourth-order valence-corrected chi connectivity index (χ4v) is 1.56. The number of aryl methyl sites for hydroxylation is 1. The molecule has 0 heterocycles. The SMILES string of the molecule is CCCNC(C#N)COc1ccc([N+](=O)[O-])c(C)c1. The first-order valence-electron chi connectivity index (χ1n) is 6.09. The molecule has 102 valence electrons. The van der Waals surface area contributed by atoms with Gasteiger partial charge in [0.15, 0.2) is 0 Å². The molecule has 0 amide bonds. The van der Waals surface area contributed by atoms with Gasteiger partial charge in [-0.1, -0.05) is 6.92 Å². The van der Waals surface area contributed by atoms with Crippen molar-refractivity contribution in [3.8, 4) is 11.8 Å². The van der Waals surface area contributed by atoms with Crippen LogP contribution in [0.15, 0.2) is 18.2 Å². The summed E-state index contributed by atoms with van der Waals surface area (Å²) in [6.45, 7) is 4.64. The van der Waals surface area contributed by atoms with Gasteiger partial charge in [-0.25, -0.2) is 0 Å². The Kier molecular flexibility index (Phi) is 5.76. The van der Waals surface area contributed by atoms with Crippen LogP contribution in [0.25, 0.3) is 0 Å². The summed E-state index contributed by atoms with van der Waals surface area (Å²) in [7, 11) is 0. The highest BCUT2D eigenvalue weighted by molar-refractivity contribution is 5.44. The lowest BCUT2D eigenvalue weighted by molar-refractivity contribution is -0.385. The predicted molar refractivity (Wildman–Crippen MR) is 71.0 cm³/mol. The van der Waals surface area contributed by atoms with Crippen molar-refractivity contribution in [2.75, 3.05) is 13.2 Å². The van der Waals surface area contributed by atoms with E-state index in [2.05, 4.69) is 11.4 Å². The van der Waals surface area contributed by atoms with Crippen LogP contribution in [0.2, 0.25) is 0 Å². The largest absolute Gasteiger partial charge is 0.491 e. The molecule has 1 aromatic rings. The number of nitrogens with zero attached hydrogens (tertiary/aromatic N) is 2. The average molecular weight is 263 g/mol. The van der Waals surface area contributed by atoms with Crippen LogP contribution in [0.5, 0.6) is 5.75 Å². The van der Waals surface area contributed by atoms with Crippen LogP contribution in [-0.2, 0) is 0 Å². The third-order valence-electron chi connectivity index (χ3n) is 2.58. The van der Waals surface area contributed by atoms with E-state index in [1.165, 1.54) is 6.07 Å². The van der Waals surface area contributed by atoms with Crippen LogP contribution in [-0.4, -0.2) is 24.1 Å². The van der Waals surface area contributed by atoms with Gasteiger partial charge >= 0.3 is 0 Å². The number of nitrogens with one attached hydrogen (secondary N) is 1. The maximum atomic E-state index is 10.7. The average Bonchev–Trinajstić information content (AvgIpc) is 2.38. The standard InChI is InChI=1S/C13H17N3O3/c1-3-6-15-11(8-14)9-19-12-4-5-13(16(17)18)10(2)7-12/h4-5,7,11,15H,3,6,9H2,1-2H3. The Labute approximate surface area is 112 Å². The van der Waals surface area contributed by atoms with Gasteiger partial charge in [-0.2, -0.15) is 5.26 Å². The van der Waals surface area contributed by atoms with Gasteiger partial charge in [0.25, 0.3) is 5.69 Å². The number of nitro groups is 1. The Hall–Kier alpha value is -2.13. The van der Waals surface area contributed by atoms with Gasteiger partial charge in [-0.15, -0.1) is 0 Å². The molecule has 0 aliphatic heterocycles. The summed E-state index contributed by atoms with van der Waals surface area (Å²) >= 11 is 0. The molecule has 1 aromatic carbocycles. The molecule has 0 bridgehead atoms. The Morgan fingerprint density at radius 3 is 2.84 bits per heavy atom. The lowest BCUT2D eigenvalue weighted by atomic mass is 10.2. The van der Waals surface area contributed by atoms with E-state index in [-0.39, 0.29) is 18.3 Å². The molecule has 0 aliphatic rings. The summed E-state index contributed by atoms with van der Waals surface area (Å²) in [6, 6.07) is 6.28. The monoisotopic (exact) mass is 263 g/mol. The molecule has 0 aliphatic carbocycles. The maximum Gasteiger partial charge on any atom is 0.272 e. The second-order valence-corrected chi connectivity index (χ2v) is 4.15. The number of nitro benzene ring substituents is 1. The summed E-state index contributed by atoms with van der Waals surface area (Å²) in [5.74, 6) is 0.529. The highest BCUT2D eigenvalue weighted by atomic mass is 16.6. The van der Waals surface area contributed by atoms with Crippen molar-refractivity contribution in [3.63, 3.8) is 0 Å². The molecule has 1 atom stereocenters. The summed E-state index contributed by atoms with van der Waals surface area (Å²) in [6.07, 6.45) is 0.939. The van der Waals surface area contributed by atoms with Crippen LogP contribution in [0.3, 0.4) is 0 Å². The van der Waals surface area contributed by atoms with E-state index in [0.29, 0.717) is 11.3 Å². The van der Waals surface area contributed by atoms with E-state index in [1.807, 2.05) is 6.92 Å². The number of nitriles is 1. The van der Waals surface area contributed by atoms with Gasteiger partial charge < -0.3 is 4.74 Å². The maximum absolute atomic E-state index is 10.7. The highest BCUT2D eigenvalue weighted by Gasteiger charge is 2.12. The van der Waals surface area contributed by atoms with Gasteiger partial charge in [-0.3, -0.25) is 15.4 Å². The molecule has 0 spiro atoms. The second kappa shape index (κ2) is 7.34. The fraction of sp³-hybridized carbons (Fsp3) is 0.462. The predicted octanol–water partition coefficient (Wildman–Crippen LogP) is 2.17. The molecule has 1 N–H and O–H groups in total. The van der Waals surface area contributed by atoms with Crippen molar-refractivity contribution in [2.24, 2.45) is 0 Å². The molecule has 0 saturated heterocycles. The molecular weight excluding hydrogens is 246 g/mol. The number of hydrogen-bond donors (Lipinski definition) is 1. The van der Waals surface area contributed by atoms with Crippen LogP contribution in [0, 0.1) is 28.4 Å². The Balaban J connectivity index is 2.61. The molecule has 6 heteroatoms. The normalized spacial score (nSPS) is 11.6. The Morgan fingerprint density at radius 2 is 2.32 bits per heavy atom. The molecule has 0 saturated carbocycles. The van der Waals surface area contributed by atoms with Gasteiger partial charge in [0.2, 0.25) is 0 Å². The zero-order chi connectivity index (χ0) is 14.3. The Morgan fingerprint density at radius 1 is 1.58 bits per heavy atom. The molecular formula is C13H17N3O3. The van der Waals surface area contributed by atoms with E-state index in [4.69, 9.17) is 10.00 Å². The summed E-state index contributed by atoms with van der Waals surface area (Å²) in [4.78, 5) is 10.2. The first-order chi connectivity index (χ1) is 9.08. The molecule has 19 heavy (non-hydrogen) atoms. The minimum Gasteiger partial charge on any atom is -0.491 e. The molecule has 0 radical (unpaired) electrons. The molecule has 6 nitrogen and oxygen atoms in total. The minimum absolute atomic E-state index is 0.0632. The molecule has 0 fully saturated rings. The molecule has 1 rings (SSSR count). The highest BCUT2D eigenvalue weighted by Crippen LogP contribution is 2.23. The summed E-state index contributed by atoms with van der Waals surface area (Å²) in [5, 5.41) is 22.6. The number of benzene rings is 1. The van der Waals surface area contributed by atoms with Crippen LogP contribution >= 0.6 is 0 Å². The third kappa shape index (κ3) is 4.56. The fourth-order valence-electron chi connectivity index (χ4n) is 1.56. The first-order valence-corrected chi connectivity index (χ1v) is 6.09. The summed E-state index contributed by atoms with van der Waals surface area (Å²) in [5.41, 5.74) is 0.603. The van der Waals surface area contributed by atoms with Gasteiger partial charge in [0.1, 0.15) is 18.4 Å². The van der Waals surface area contributed by atoms with Crippen LogP contribution < -0.4 is 10.1 Å². The van der Waals surface area contributed by atoms with E-state index in [0.717, 1.165) is 13.0 Å². The van der Waals surface area contributed by atoms with Crippen LogP contribution in [0.4, 0.5) is 5.69 Å². The van der Waals surface area contributed by atoms with Crippen molar-refractivity contribution in [2.45, 2.75) is 26.3 Å². The van der Waals surface area contributed by atoms with Crippen molar-refractivity contribution >= 4 is 5.69 Å². The number of rotatable bonds is 7. The third-order valence-corrected chi connectivity index (χ3v) is 2.58. The molecule has 1 unspecified atom stereocenters. The van der Waals surface area contributed by atoms with E-state index < -0.39 is 4.92 Å². The first kappa shape index (κ1) is 14.9. The lowest BCUT2D eigenvalue weighted by Gasteiger charge is -2.12. The van der Waals surface area contributed by atoms with E-state index >= 15 is 0 Å². The van der Waals surface area contributed by atoms with Crippen molar-refractivity contribution < 1.29 is 9.66 Å². The smallest absolute Gasteiger partial charge is 0.272 e. The number of hydrogen-bond acceptors (Lipinski definition) is 5. The van der Waals surface area contributed by atoms with E-state index in [1.54, 1.807) is 19.1 Å². The lowest BCUT2D eigenvalue weighted by Crippen LogP contribution is -2.33. The van der Waals surface area contributed by atoms with Gasteiger partial charge in [-0.05, 0) is 32.0 Å². The van der Waals surface area contributed by atoms with Crippen molar-refractivity contribution in [1.82, 2.24) is 5.32 Å². The topological polar surface area (TPSA) is 88.2 Å². The zero-order valence-corrected chi connectivity index (χ0v) is 11.0. The quantitative estimate of drug-likeness (QED) is 0.601. The minimum atomic E-state index is -0.431.